The Hall–Kier alpha value is -2.97. The zero-order chi connectivity index (χ0) is 15.6. The fraction of sp³-hybridized carbons (Fsp3) is 0. The molecule has 0 bridgehead atoms. The van der Waals surface area contributed by atoms with Gasteiger partial charge in [0.1, 0.15) is 0 Å². The highest BCUT2D eigenvalue weighted by molar-refractivity contribution is 6.14. The molecule has 0 aliphatic rings. The second-order valence-electron chi connectivity index (χ2n) is 4.18. The Balaban J connectivity index is 2.73. The molecule has 108 valence electrons. The van der Waals surface area contributed by atoms with Crippen molar-refractivity contribution in [2.45, 2.75) is 0 Å². The van der Waals surface area contributed by atoms with Gasteiger partial charge in [-0.25, -0.2) is 16.5 Å². The third-order valence-electron chi connectivity index (χ3n) is 3.00. The molecule has 0 aliphatic carbocycles. The molecule has 0 aliphatic heterocycles. The summed E-state index contributed by atoms with van der Waals surface area (Å²) in [5.41, 5.74) is 3.91. The smallest absolute Gasteiger partial charge is 0.337 e. The molecule has 0 radical (unpaired) electrons. The summed E-state index contributed by atoms with van der Waals surface area (Å²) in [6, 6.07) is 7.20. The van der Waals surface area contributed by atoms with Crippen LogP contribution in [-0.2, 0) is 0 Å². The van der Waals surface area contributed by atoms with E-state index in [9.17, 15) is 19.5 Å². The van der Waals surface area contributed by atoms with Crippen LogP contribution in [0.4, 0.5) is 0 Å². The number of nitrogens with two attached hydrogens (primary N) is 2. The molecule has 0 aromatic heterocycles. The number of aromatic carboxylic acids is 1. The third-order valence-corrected chi connectivity index (χ3v) is 3.00. The number of hydrazine groups is 2. The van der Waals surface area contributed by atoms with Crippen molar-refractivity contribution >= 4 is 28.6 Å². The number of fused-ring (bicyclic) bond motifs is 1. The fourth-order valence-electron chi connectivity index (χ4n) is 2.05. The molecule has 0 fully saturated rings. The molecule has 0 unspecified atom stereocenters. The van der Waals surface area contributed by atoms with Gasteiger partial charge in [0.15, 0.2) is 0 Å². The maximum Gasteiger partial charge on any atom is 0.337 e. The lowest BCUT2D eigenvalue weighted by Gasteiger charge is -2.09. The molecule has 2 aromatic carbocycles. The van der Waals surface area contributed by atoms with Crippen molar-refractivity contribution in [1.82, 2.24) is 10.9 Å². The van der Waals surface area contributed by atoms with Crippen LogP contribution in [0, 0.1) is 0 Å². The summed E-state index contributed by atoms with van der Waals surface area (Å²) in [6.07, 6.45) is 0. The summed E-state index contributed by atoms with van der Waals surface area (Å²) < 4.78 is 0. The van der Waals surface area contributed by atoms with E-state index in [0.717, 1.165) is 0 Å². The first-order valence-electron chi connectivity index (χ1n) is 5.81. The number of carbonyl (C=O) groups excluding carboxylic acids is 2. The number of benzene rings is 2. The van der Waals surface area contributed by atoms with Crippen LogP contribution >= 0.6 is 0 Å². The predicted octanol–water partition coefficient (Wildman–Crippen LogP) is -0.255. The summed E-state index contributed by atoms with van der Waals surface area (Å²) >= 11 is 0. The minimum Gasteiger partial charge on any atom is -0.478 e. The molecule has 0 atom stereocenters. The van der Waals surface area contributed by atoms with Gasteiger partial charge < -0.3 is 5.11 Å². The van der Waals surface area contributed by atoms with E-state index in [2.05, 4.69) is 0 Å². The highest BCUT2D eigenvalue weighted by Gasteiger charge is 2.19. The first-order chi connectivity index (χ1) is 9.99. The van der Waals surface area contributed by atoms with Gasteiger partial charge in [0.2, 0.25) is 0 Å². The van der Waals surface area contributed by atoms with Gasteiger partial charge in [0, 0.05) is 5.56 Å². The van der Waals surface area contributed by atoms with Crippen LogP contribution in [0.3, 0.4) is 0 Å². The zero-order valence-electron chi connectivity index (χ0n) is 10.7. The number of nitrogen functional groups attached to an aromatic ring is 2. The highest BCUT2D eigenvalue weighted by Crippen LogP contribution is 2.24. The van der Waals surface area contributed by atoms with E-state index in [1.54, 1.807) is 0 Å². The van der Waals surface area contributed by atoms with Crippen LogP contribution in [-0.4, -0.2) is 22.9 Å². The van der Waals surface area contributed by atoms with Gasteiger partial charge in [-0.05, 0) is 29.0 Å². The Bertz CT molecular complexity index is 757. The summed E-state index contributed by atoms with van der Waals surface area (Å²) in [5.74, 6) is 7.61. The van der Waals surface area contributed by atoms with Crippen molar-refractivity contribution in [3.8, 4) is 0 Å². The molecule has 7 N–H and O–H groups in total. The van der Waals surface area contributed by atoms with Gasteiger partial charge in [0.25, 0.3) is 11.8 Å². The first kappa shape index (κ1) is 14.4. The molecule has 8 heteroatoms. The quantitative estimate of drug-likeness (QED) is 0.299. The third kappa shape index (κ3) is 2.53. The van der Waals surface area contributed by atoms with Gasteiger partial charge in [-0.2, -0.15) is 0 Å². The van der Waals surface area contributed by atoms with Gasteiger partial charge >= 0.3 is 5.97 Å². The molecule has 2 rings (SSSR count). The number of hydrogen-bond acceptors (Lipinski definition) is 5. The molecule has 0 spiro atoms. The van der Waals surface area contributed by atoms with Crippen molar-refractivity contribution in [1.29, 1.82) is 0 Å². The van der Waals surface area contributed by atoms with Crippen molar-refractivity contribution in [3.05, 3.63) is 47.0 Å². The fourth-order valence-corrected chi connectivity index (χ4v) is 2.05. The number of amides is 2. The second kappa shape index (κ2) is 5.57. The summed E-state index contributed by atoms with van der Waals surface area (Å²) in [6.45, 7) is 0. The topological polar surface area (TPSA) is 148 Å². The number of rotatable bonds is 3. The van der Waals surface area contributed by atoms with Crippen LogP contribution in [0.15, 0.2) is 30.3 Å². The maximum absolute atomic E-state index is 11.6. The molecule has 2 aromatic rings. The second-order valence-corrected chi connectivity index (χ2v) is 4.18. The minimum absolute atomic E-state index is 0.0615. The van der Waals surface area contributed by atoms with Crippen molar-refractivity contribution in [2.24, 2.45) is 11.7 Å². The largest absolute Gasteiger partial charge is 0.478 e. The van der Waals surface area contributed by atoms with E-state index in [-0.39, 0.29) is 16.7 Å². The number of nitrogens with one attached hydrogen (secondary N) is 2. The lowest BCUT2D eigenvalue weighted by molar-refractivity contribution is 0.0693. The minimum atomic E-state index is -1.27. The van der Waals surface area contributed by atoms with Crippen molar-refractivity contribution < 1.29 is 19.5 Å². The average molecular weight is 288 g/mol. The summed E-state index contributed by atoms with van der Waals surface area (Å²) in [7, 11) is 0. The number of carboxylic acids is 1. The molecule has 0 saturated carbocycles. The number of carboxylic acid groups (broad SMARTS) is 1. The van der Waals surface area contributed by atoms with Crippen LogP contribution in [0.5, 0.6) is 0 Å². The monoisotopic (exact) mass is 288 g/mol. The Morgan fingerprint density at radius 2 is 1.62 bits per heavy atom. The Morgan fingerprint density at radius 1 is 0.952 bits per heavy atom. The lowest BCUT2D eigenvalue weighted by atomic mass is 9.97. The van der Waals surface area contributed by atoms with E-state index >= 15 is 0 Å². The van der Waals surface area contributed by atoms with Gasteiger partial charge in [-0.15, -0.1) is 0 Å². The van der Waals surface area contributed by atoms with E-state index in [1.807, 2.05) is 10.9 Å². The molecular formula is C13H12N4O4. The standard InChI is InChI=1S/C13H12N4O4/c14-16-11(18)7-2-3-8-6(5-7)1-4-9(12(19)17-15)10(8)13(20)21/h1-5H,14-15H2,(H,16,18)(H,17,19)(H,20,21). The Kier molecular flexibility index (Phi) is 3.83. The van der Waals surface area contributed by atoms with E-state index < -0.39 is 17.8 Å². The maximum atomic E-state index is 11.6. The molecule has 0 heterocycles. The summed E-state index contributed by atoms with van der Waals surface area (Å²) in [5, 5.41) is 10.1. The summed E-state index contributed by atoms with van der Waals surface area (Å²) in [4.78, 5) is 34.5. The Morgan fingerprint density at radius 3 is 2.19 bits per heavy atom. The van der Waals surface area contributed by atoms with Crippen LogP contribution in [0.25, 0.3) is 10.8 Å². The molecule has 21 heavy (non-hydrogen) atoms. The van der Waals surface area contributed by atoms with Crippen molar-refractivity contribution in [2.75, 3.05) is 0 Å². The Labute approximate surface area is 118 Å². The first-order valence-corrected chi connectivity index (χ1v) is 5.81. The van der Waals surface area contributed by atoms with E-state index in [1.165, 1.54) is 30.3 Å². The zero-order valence-corrected chi connectivity index (χ0v) is 10.7. The van der Waals surface area contributed by atoms with E-state index in [0.29, 0.717) is 10.8 Å². The molecule has 2 amide bonds. The average Bonchev–Trinajstić information content (AvgIpc) is 2.51. The normalized spacial score (nSPS) is 10.2. The highest BCUT2D eigenvalue weighted by atomic mass is 16.4. The van der Waals surface area contributed by atoms with Gasteiger partial charge in [0.05, 0.1) is 11.1 Å². The lowest BCUT2D eigenvalue weighted by Crippen LogP contribution is -2.31. The van der Waals surface area contributed by atoms with Crippen LogP contribution in [0.2, 0.25) is 0 Å². The molecule has 8 nitrogen and oxygen atoms in total. The van der Waals surface area contributed by atoms with E-state index in [4.69, 9.17) is 11.7 Å². The predicted molar refractivity (Wildman–Crippen MR) is 74.2 cm³/mol. The van der Waals surface area contributed by atoms with Gasteiger partial charge in [-0.1, -0.05) is 12.1 Å². The molecular weight excluding hydrogens is 276 g/mol. The van der Waals surface area contributed by atoms with Gasteiger partial charge in [-0.3, -0.25) is 20.4 Å². The van der Waals surface area contributed by atoms with Crippen LogP contribution < -0.4 is 22.5 Å². The van der Waals surface area contributed by atoms with Crippen molar-refractivity contribution in [3.63, 3.8) is 0 Å². The molecule has 0 saturated heterocycles. The number of hydrogen-bond donors (Lipinski definition) is 5. The number of carbonyl (C=O) groups is 3. The SMILES string of the molecule is NNC(=O)c1ccc2c(C(=O)O)c(C(=O)NN)ccc2c1. The van der Waals surface area contributed by atoms with Crippen LogP contribution in [0.1, 0.15) is 31.1 Å².